The number of rotatable bonds is 11. The molecule has 1 aromatic carbocycles. The van der Waals surface area contributed by atoms with Crippen LogP contribution in [0.3, 0.4) is 0 Å². The quantitative estimate of drug-likeness (QED) is 0.469. The molecule has 2 aromatic rings. The SMILES string of the molecule is COCCCCn1c(C(=O)N(C(C)C)C2CCCNC2)c(Cl)c2cccc(OCC(=O)N(C)C)c21. The molecule has 0 bridgehead atoms. The Balaban J connectivity index is 2.07. The number of hydrogen-bond acceptors (Lipinski definition) is 5. The van der Waals surface area contributed by atoms with Gasteiger partial charge in [0.05, 0.1) is 10.5 Å². The summed E-state index contributed by atoms with van der Waals surface area (Å²) in [6.07, 6.45) is 3.66. The van der Waals surface area contributed by atoms with Crippen molar-refractivity contribution in [1.82, 2.24) is 19.7 Å². The number of halogens is 1. The summed E-state index contributed by atoms with van der Waals surface area (Å²) in [7, 11) is 5.07. The molecule has 3 rings (SSSR count). The predicted molar refractivity (Wildman–Crippen MR) is 139 cm³/mol. The molecule has 0 radical (unpaired) electrons. The van der Waals surface area contributed by atoms with Gasteiger partial charge in [-0.15, -0.1) is 0 Å². The van der Waals surface area contributed by atoms with Crippen molar-refractivity contribution < 1.29 is 19.1 Å². The monoisotopic (exact) mass is 506 g/mol. The molecule has 1 aliphatic rings. The first kappa shape index (κ1) is 27.3. The third kappa shape index (κ3) is 6.29. The van der Waals surface area contributed by atoms with Crippen LogP contribution in [0.25, 0.3) is 10.9 Å². The van der Waals surface area contributed by atoms with E-state index in [1.54, 1.807) is 21.2 Å². The molecule has 1 aliphatic heterocycles. The molecular weight excluding hydrogens is 468 g/mol. The Morgan fingerprint density at radius 1 is 1.26 bits per heavy atom. The van der Waals surface area contributed by atoms with Crippen LogP contribution in [0.1, 0.15) is 50.0 Å². The van der Waals surface area contributed by atoms with Crippen LogP contribution >= 0.6 is 11.6 Å². The van der Waals surface area contributed by atoms with E-state index in [1.165, 1.54) is 4.90 Å². The fourth-order valence-corrected chi connectivity index (χ4v) is 5.02. The number of methoxy groups -OCH3 is 1. The van der Waals surface area contributed by atoms with Gasteiger partial charge in [-0.05, 0) is 52.1 Å². The van der Waals surface area contributed by atoms with E-state index in [4.69, 9.17) is 21.1 Å². The summed E-state index contributed by atoms with van der Waals surface area (Å²) in [5, 5.41) is 4.60. The number of aromatic nitrogens is 1. The van der Waals surface area contributed by atoms with E-state index in [2.05, 4.69) is 5.32 Å². The van der Waals surface area contributed by atoms with E-state index in [-0.39, 0.29) is 30.5 Å². The van der Waals surface area contributed by atoms with Gasteiger partial charge in [-0.3, -0.25) is 9.59 Å². The van der Waals surface area contributed by atoms with Gasteiger partial charge in [0, 0.05) is 58.4 Å². The Bertz CT molecular complexity index is 1010. The van der Waals surface area contributed by atoms with Gasteiger partial charge in [-0.25, -0.2) is 0 Å². The highest BCUT2D eigenvalue weighted by Gasteiger charge is 2.33. The summed E-state index contributed by atoms with van der Waals surface area (Å²) in [6.45, 7) is 6.99. The van der Waals surface area contributed by atoms with Crippen LogP contribution in [0, 0.1) is 0 Å². The zero-order valence-electron chi connectivity index (χ0n) is 21.6. The number of carbonyl (C=O) groups is 2. The number of fused-ring (bicyclic) bond motifs is 1. The third-order valence-electron chi connectivity index (χ3n) is 6.47. The van der Waals surface area contributed by atoms with E-state index >= 15 is 0 Å². The maximum absolute atomic E-state index is 14.1. The fourth-order valence-electron chi connectivity index (χ4n) is 4.69. The summed E-state index contributed by atoms with van der Waals surface area (Å²) in [4.78, 5) is 29.8. The minimum Gasteiger partial charge on any atom is -0.482 e. The number of carbonyl (C=O) groups excluding carboxylic acids is 2. The molecule has 0 aliphatic carbocycles. The smallest absolute Gasteiger partial charge is 0.272 e. The molecule has 35 heavy (non-hydrogen) atoms. The summed E-state index contributed by atoms with van der Waals surface area (Å²) in [5.74, 6) is 0.330. The van der Waals surface area contributed by atoms with Crippen LogP contribution < -0.4 is 10.1 Å². The number of likely N-dealkylation sites (N-methyl/N-ethyl adjacent to an activating group) is 1. The number of piperidine rings is 1. The number of para-hydroxylation sites is 1. The molecule has 0 saturated carbocycles. The predicted octanol–water partition coefficient (Wildman–Crippen LogP) is 3.79. The first-order valence-corrected chi connectivity index (χ1v) is 12.8. The van der Waals surface area contributed by atoms with Gasteiger partial charge in [-0.1, -0.05) is 23.7 Å². The number of amides is 2. The van der Waals surface area contributed by atoms with Crippen molar-refractivity contribution in [3.63, 3.8) is 0 Å². The van der Waals surface area contributed by atoms with E-state index in [1.807, 2.05) is 41.5 Å². The molecule has 2 amide bonds. The van der Waals surface area contributed by atoms with Crippen molar-refractivity contribution in [2.24, 2.45) is 0 Å². The molecule has 1 atom stereocenters. The Morgan fingerprint density at radius 3 is 2.66 bits per heavy atom. The van der Waals surface area contributed by atoms with Crippen LogP contribution in [0.15, 0.2) is 18.2 Å². The van der Waals surface area contributed by atoms with Gasteiger partial charge in [0.15, 0.2) is 6.61 Å². The van der Waals surface area contributed by atoms with Gasteiger partial charge in [0.1, 0.15) is 11.4 Å². The highest BCUT2D eigenvalue weighted by molar-refractivity contribution is 6.39. The second-order valence-corrected chi connectivity index (χ2v) is 9.93. The van der Waals surface area contributed by atoms with Crippen LogP contribution in [-0.2, 0) is 16.1 Å². The number of hydrogen-bond donors (Lipinski definition) is 1. The normalized spacial score (nSPS) is 16.0. The molecule has 1 saturated heterocycles. The fraction of sp³-hybridized carbons (Fsp3) is 0.615. The highest BCUT2D eigenvalue weighted by Crippen LogP contribution is 2.38. The third-order valence-corrected chi connectivity index (χ3v) is 6.85. The molecule has 1 aromatic heterocycles. The largest absolute Gasteiger partial charge is 0.482 e. The van der Waals surface area contributed by atoms with Crippen LogP contribution in [0.5, 0.6) is 5.75 Å². The van der Waals surface area contributed by atoms with Crippen LogP contribution in [0.4, 0.5) is 0 Å². The van der Waals surface area contributed by atoms with E-state index < -0.39 is 0 Å². The lowest BCUT2D eigenvalue weighted by molar-refractivity contribution is -0.130. The number of nitrogens with zero attached hydrogens (tertiary/aromatic N) is 3. The topological polar surface area (TPSA) is 76.0 Å². The Morgan fingerprint density at radius 2 is 2.03 bits per heavy atom. The van der Waals surface area contributed by atoms with E-state index in [0.29, 0.717) is 29.6 Å². The van der Waals surface area contributed by atoms with Crippen molar-refractivity contribution in [3.05, 3.63) is 28.9 Å². The van der Waals surface area contributed by atoms with Crippen molar-refractivity contribution in [2.45, 2.75) is 58.2 Å². The minimum atomic E-state index is -0.140. The number of unbranched alkanes of at least 4 members (excludes halogenated alkanes) is 1. The summed E-state index contributed by atoms with van der Waals surface area (Å²) in [5.41, 5.74) is 1.23. The molecule has 8 nitrogen and oxygen atoms in total. The molecular formula is C26H39ClN4O4. The molecule has 1 fully saturated rings. The summed E-state index contributed by atoms with van der Waals surface area (Å²) < 4.78 is 13.2. The molecule has 0 spiro atoms. The first-order chi connectivity index (χ1) is 16.8. The zero-order chi connectivity index (χ0) is 25.5. The first-order valence-electron chi connectivity index (χ1n) is 12.4. The Kier molecular flexibility index (Phi) is 9.83. The van der Waals surface area contributed by atoms with Crippen LogP contribution in [-0.4, -0.2) is 85.8 Å². The van der Waals surface area contributed by atoms with Crippen LogP contribution in [0.2, 0.25) is 5.02 Å². The summed E-state index contributed by atoms with van der Waals surface area (Å²) >= 11 is 6.93. The minimum absolute atomic E-state index is 0.0249. The molecule has 2 heterocycles. The van der Waals surface area contributed by atoms with Crippen molar-refractivity contribution in [1.29, 1.82) is 0 Å². The van der Waals surface area contributed by atoms with Crippen molar-refractivity contribution >= 4 is 34.3 Å². The zero-order valence-corrected chi connectivity index (χ0v) is 22.4. The summed E-state index contributed by atoms with van der Waals surface area (Å²) in [6, 6.07) is 5.71. The number of nitrogens with one attached hydrogen (secondary N) is 1. The second kappa shape index (κ2) is 12.6. The lowest BCUT2D eigenvalue weighted by Crippen LogP contribution is -2.52. The molecule has 1 unspecified atom stereocenters. The lowest BCUT2D eigenvalue weighted by Gasteiger charge is -2.38. The van der Waals surface area contributed by atoms with Gasteiger partial charge in [0.25, 0.3) is 11.8 Å². The van der Waals surface area contributed by atoms with Gasteiger partial charge in [0.2, 0.25) is 0 Å². The maximum atomic E-state index is 14.1. The van der Waals surface area contributed by atoms with Crippen molar-refractivity contribution in [2.75, 3.05) is 47.5 Å². The lowest BCUT2D eigenvalue weighted by atomic mass is 10.0. The average molecular weight is 507 g/mol. The highest BCUT2D eigenvalue weighted by atomic mass is 35.5. The molecule has 194 valence electrons. The molecule has 9 heteroatoms. The standard InChI is InChI=1S/C26H39ClN4O4/c1-18(2)31(19-10-9-13-28-16-19)26(33)25-23(27)20-11-8-12-21(35-17-22(32)29(3)4)24(20)30(25)14-6-7-15-34-5/h8,11-12,18-19,28H,6-7,9-10,13-17H2,1-5H3. The van der Waals surface area contributed by atoms with Gasteiger partial charge in [-0.2, -0.15) is 0 Å². The Hall–Kier alpha value is -2.29. The Labute approximate surface area is 213 Å². The molecule has 1 N–H and O–H groups in total. The van der Waals surface area contributed by atoms with Crippen molar-refractivity contribution in [3.8, 4) is 5.75 Å². The average Bonchev–Trinajstić information content (AvgIpc) is 3.12. The maximum Gasteiger partial charge on any atom is 0.272 e. The van der Waals surface area contributed by atoms with E-state index in [0.717, 1.165) is 49.7 Å². The number of aryl methyl sites for hydroxylation is 1. The second-order valence-electron chi connectivity index (χ2n) is 9.55. The van der Waals surface area contributed by atoms with E-state index in [9.17, 15) is 9.59 Å². The number of ether oxygens (including phenoxy) is 2. The number of benzene rings is 1. The van der Waals surface area contributed by atoms with Gasteiger partial charge < -0.3 is 29.2 Å². The van der Waals surface area contributed by atoms with Gasteiger partial charge >= 0.3 is 0 Å².